The average Bonchev–Trinajstić information content (AvgIpc) is 2.87. The van der Waals surface area contributed by atoms with Crippen molar-refractivity contribution in [3.63, 3.8) is 0 Å². The normalized spacial score (nSPS) is 12.2. The fourth-order valence-corrected chi connectivity index (χ4v) is 1.49. The highest BCUT2D eigenvalue weighted by Crippen LogP contribution is 2.22. The van der Waals surface area contributed by atoms with E-state index in [-0.39, 0.29) is 25.0 Å². The molecule has 1 N–H and O–H groups in total. The summed E-state index contributed by atoms with van der Waals surface area (Å²) in [6, 6.07) is 0.0363. The van der Waals surface area contributed by atoms with E-state index in [9.17, 15) is 22.4 Å². The Balaban J connectivity index is 2.33. The number of carbonyl (C=O) groups excluding carboxylic acids is 1. The van der Waals surface area contributed by atoms with Gasteiger partial charge in [-0.1, -0.05) is 0 Å². The maximum atomic E-state index is 12.5. The van der Waals surface area contributed by atoms with E-state index in [2.05, 4.69) is 15.0 Å². The number of nitrogens with one attached hydrogen (secondary N) is 1. The summed E-state index contributed by atoms with van der Waals surface area (Å²) in [5.41, 5.74) is 0. The zero-order valence-corrected chi connectivity index (χ0v) is 11.7. The molecule has 1 rings (SSSR count). The number of imidazole rings is 1. The molecule has 0 atom stereocenters. The van der Waals surface area contributed by atoms with Crippen LogP contribution in [0.4, 0.5) is 17.6 Å². The predicted octanol–water partition coefficient (Wildman–Crippen LogP) is 2.11. The van der Waals surface area contributed by atoms with Crippen molar-refractivity contribution in [3.05, 3.63) is 18.2 Å². The smallest absolute Gasteiger partial charge is 0.330 e. The van der Waals surface area contributed by atoms with Gasteiger partial charge in [-0.15, -0.1) is 0 Å². The first kappa shape index (κ1) is 17.4. The monoisotopic (exact) mass is 311 g/mol. The molecule has 0 spiro atoms. The van der Waals surface area contributed by atoms with E-state index in [4.69, 9.17) is 0 Å². The summed E-state index contributed by atoms with van der Waals surface area (Å²) in [5, 5.41) is 2.42. The van der Waals surface area contributed by atoms with Crippen LogP contribution in [0, 0.1) is 0 Å². The molecule has 1 amide bonds. The van der Waals surface area contributed by atoms with Gasteiger partial charge in [-0.25, -0.2) is 13.8 Å². The van der Waals surface area contributed by atoms with Gasteiger partial charge in [-0.2, -0.15) is 8.78 Å². The van der Waals surface area contributed by atoms with E-state index in [0.29, 0.717) is 0 Å². The number of aromatic nitrogens is 2. The quantitative estimate of drug-likeness (QED) is 0.591. The first-order chi connectivity index (χ1) is 9.75. The molecule has 0 bridgehead atoms. The third-order valence-corrected chi connectivity index (χ3v) is 2.57. The summed E-state index contributed by atoms with van der Waals surface area (Å²) >= 11 is 0. The van der Waals surface area contributed by atoms with Gasteiger partial charge in [0.15, 0.2) is 5.82 Å². The van der Waals surface area contributed by atoms with Crippen LogP contribution in [0.15, 0.2) is 12.4 Å². The molecule has 1 aromatic heterocycles. The number of rotatable bonds is 8. The Kier molecular flexibility index (Phi) is 6.13. The lowest BCUT2D eigenvalue weighted by atomic mass is 10.3. The van der Waals surface area contributed by atoms with Gasteiger partial charge in [-0.3, -0.25) is 4.79 Å². The van der Waals surface area contributed by atoms with Crippen LogP contribution in [0.25, 0.3) is 0 Å². The molecule has 5 nitrogen and oxygen atoms in total. The van der Waals surface area contributed by atoms with Crippen molar-refractivity contribution in [3.8, 4) is 0 Å². The van der Waals surface area contributed by atoms with Gasteiger partial charge < -0.3 is 14.6 Å². The summed E-state index contributed by atoms with van der Waals surface area (Å²) in [6.45, 7) is 1.97. The number of alkyl halides is 4. The molecule has 0 aliphatic carbocycles. The van der Waals surface area contributed by atoms with Crippen LogP contribution in [0.1, 0.15) is 30.5 Å². The highest BCUT2D eigenvalue weighted by molar-refractivity contribution is 5.90. The third kappa shape index (κ3) is 5.00. The standard InChI is InChI=1S/C12H17F4N3O2/c1-8(2)19-5-3-17-9(19)10(20)18-4-6-21-7-12(15,16)11(13)14/h3,5,8,11H,4,6-7H2,1-2H3,(H,18,20). The molecule has 0 fully saturated rings. The molecule has 9 heteroatoms. The Hall–Kier alpha value is -1.64. The third-order valence-electron chi connectivity index (χ3n) is 2.57. The molecular formula is C12H17F4N3O2. The van der Waals surface area contributed by atoms with Crippen LogP contribution in [-0.2, 0) is 4.74 Å². The number of ether oxygens (including phenoxy) is 1. The van der Waals surface area contributed by atoms with E-state index in [0.717, 1.165) is 0 Å². The van der Waals surface area contributed by atoms with E-state index >= 15 is 0 Å². The van der Waals surface area contributed by atoms with E-state index < -0.39 is 24.9 Å². The highest BCUT2D eigenvalue weighted by atomic mass is 19.3. The summed E-state index contributed by atoms with van der Waals surface area (Å²) in [6.07, 6.45) is -0.668. The fourth-order valence-electron chi connectivity index (χ4n) is 1.49. The van der Waals surface area contributed by atoms with Crippen molar-refractivity contribution >= 4 is 5.91 Å². The number of halogens is 4. The van der Waals surface area contributed by atoms with Crippen LogP contribution >= 0.6 is 0 Å². The van der Waals surface area contributed by atoms with Crippen molar-refractivity contribution in [1.29, 1.82) is 0 Å². The van der Waals surface area contributed by atoms with Gasteiger partial charge >= 0.3 is 12.3 Å². The zero-order valence-electron chi connectivity index (χ0n) is 11.7. The first-order valence-corrected chi connectivity index (χ1v) is 6.30. The number of nitrogens with zero attached hydrogens (tertiary/aromatic N) is 2. The SMILES string of the molecule is CC(C)n1ccnc1C(=O)NCCOCC(F)(F)C(F)F. The number of hydrogen-bond donors (Lipinski definition) is 1. The van der Waals surface area contributed by atoms with Crippen LogP contribution in [0.3, 0.4) is 0 Å². The van der Waals surface area contributed by atoms with Crippen molar-refractivity contribution in [2.24, 2.45) is 0 Å². The fraction of sp³-hybridized carbons (Fsp3) is 0.667. The van der Waals surface area contributed by atoms with Gasteiger partial charge in [0.25, 0.3) is 5.91 Å². The van der Waals surface area contributed by atoms with Gasteiger partial charge in [0.2, 0.25) is 0 Å². The molecule has 0 radical (unpaired) electrons. The minimum absolute atomic E-state index is 0.0363. The van der Waals surface area contributed by atoms with E-state index in [1.54, 1.807) is 10.8 Å². The molecule has 0 saturated carbocycles. The van der Waals surface area contributed by atoms with Crippen molar-refractivity contribution in [2.75, 3.05) is 19.8 Å². The molecule has 0 unspecified atom stereocenters. The molecule has 0 aliphatic heterocycles. The average molecular weight is 311 g/mol. The van der Waals surface area contributed by atoms with Crippen molar-refractivity contribution in [1.82, 2.24) is 14.9 Å². The molecule has 21 heavy (non-hydrogen) atoms. The Morgan fingerprint density at radius 2 is 2.14 bits per heavy atom. The van der Waals surface area contributed by atoms with Gasteiger partial charge in [0.05, 0.1) is 6.61 Å². The summed E-state index contributed by atoms with van der Waals surface area (Å²) in [4.78, 5) is 15.7. The van der Waals surface area contributed by atoms with Crippen molar-refractivity contribution in [2.45, 2.75) is 32.2 Å². The van der Waals surface area contributed by atoms with Crippen LogP contribution in [0.2, 0.25) is 0 Å². The second kappa shape index (κ2) is 7.39. The second-order valence-electron chi connectivity index (χ2n) is 4.62. The minimum atomic E-state index is -4.18. The molecule has 1 heterocycles. The van der Waals surface area contributed by atoms with Crippen LogP contribution < -0.4 is 5.32 Å². The molecule has 0 aliphatic rings. The Labute approximate surface area is 119 Å². The van der Waals surface area contributed by atoms with Gasteiger partial charge in [-0.05, 0) is 13.8 Å². The molecule has 0 aromatic carbocycles. The predicted molar refractivity (Wildman–Crippen MR) is 66.7 cm³/mol. The molecule has 0 saturated heterocycles. The molecule has 1 aromatic rings. The molecule has 120 valence electrons. The van der Waals surface area contributed by atoms with E-state index in [1.807, 2.05) is 13.8 Å². The molecular weight excluding hydrogens is 294 g/mol. The maximum absolute atomic E-state index is 12.5. The Morgan fingerprint density at radius 1 is 1.48 bits per heavy atom. The summed E-state index contributed by atoms with van der Waals surface area (Å²) in [7, 11) is 0. The highest BCUT2D eigenvalue weighted by Gasteiger charge is 2.40. The second-order valence-corrected chi connectivity index (χ2v) is 4.62. The van der Waals surface area contributed by atoms with Crippen molar-refractivity contribution < 1.29 is 27.1 Å². The van der Waals surface area contributed by atoms with Gasteiger partial charge in [0.1, 0.15) is 6.61 Å². The largest absolute Gasteiger partial charge is 0.373 e. The van der Waals surface area contributed by atoms with Crippen LogP contribution in [-0.4, -0.2) is 47.6 Å². The van der Waals surface area contributed by atoms with Crippen LogP contribution in [0.5, 0.6) is 0 Å². The summed E-state index contributed by atoms with van der Waals surface area (Å²) in [5.74, 6) is -4.49. The lowest BCUT2D eigenvalue weighted by Gasteiger charge is -2.15. The Bertz CT molecular complexity index is 463. The van der Waals surface area contributed by atoms with E-state index in [1.165, 1.54) is 6.20 Å². The van der Waals surface area contributed by atoms with Gasteiger partial charge in [0, 0.05) is 25.0 Å². The zero-order chi connectivity index (χ0) is 16.0. The number of hydrogen-bond acceptors (Lipinski definition) is 3. The lowest BCUT2D eigenvalue weighted by molar-refractivity contribution is -0.165. The number of carbonyl (C=O) groups is 1. The number of amides is 1. The minimum Gasteiger partial charge on any atom is -0.373 e. The maximum Gasteiger partial charge on any atom is 0.330 e. The first-order valence-electron chi connectivity index (χ1n) is 6.30. The summed E-state index contributed by atoms with van der Waals surface area (Å²) < 4.78 is 54.8. The lowest BCUT2D eigenvalue weighted by Crippen LogP contribution is -2.35. The Morgan fingerprint density at radius 3 is 2.71 bits per heavy atom. The topological polar surface area (TPSA) is 56.2 Å².